The van der Waals surface area contributed by atoms with E-state index in [0.29, 0.717) is 17.0 Å². The van der Waals surface area contributed by atoms with E-state index < -0.39 is 17.4 Å². The molecule has 3 rings (SSSR count). The minimum atomic E-state index is -0.624. The van der Waals surface area contributed by atoms with Gasteiger partial charge in [-0.25, -0.2) is 8.78 Å². The van der Waals surface area contributed by atoms with Crippen LogP contribution in [-0.2, 0) is 4.79 Å². The number of rotatable bonds is 3. The van der Waals surface area contributed by atoms with E-state index in [1.54, 1.807) is 6.07 Å². The van der Waals surface area contributed by atoms with Crippen LogP contribution in [0.1, 0.15) is 15.9 Å². The fourth-order valence-corrected chi connectivity index (χ4v) is 2.14. The Morgan fingerprint density at radius 1 is 1.17 bits per heavy atom. The molecule has 116 valence electrons. The molecule has 0 spiro atoms. The quantitative estimate of drug-likeness (QED) is 0.699. The first-order valence-corrected chi connectivity index (χ1v) is 6.77. The molecule has 0 aromatic heterocycles. The molecule has 23 heavy (non-hydrogen) atoms. The summed E-state index contributed by atoms with van der Waals surface area (Å²) in [6, 6.07) is 7.57. The molecule has 2 aromatic carbocycles. The van der Waals surface area contributed by atoms with Crippen LogP contribution < -0.4 is 10.1 Å². The number of amides is 1. The SMILES string of the molecule is O=C1COc2ccc(C(=O)/C=C/c3cc(F)ccc3F)cc2N1. The van der Waals surface area contributed by atoms with Crippen molar-refractivity contribution >= 4 is 23.5 Å². The Labute approximate surface area is 130 Å². The lowest BCUT2D eigenvalue weighted by molar-refractivity contribution is -0.118. The number of halogens is 2. The summed E-state index contributed by atoms with van der Waals surface area (Å²) in [6.45, 7) is -0.0704. The fourth-order valence-electron chi connectivity index (χ4n) is 2.14. The molecule has 0 fully saturated rings. The molecule has 2 aromatic rings. The molecule has 0 saturated carbocycles. The Bertz CT molecular complexity index is 831. The molecule has 0 saturated heterocycles. The summed E-state index contributed by atoms with van der Waals surface area (Å²) in [7, 11) is 0. The number of hydrogen-bond donors (Lipinski definition) is 1. The first-order chi connectivity index (χ1) is 11.0. The lowest BCUT2D eigenvalue weighted by atomic mass is 10.1. The van der Waals surface area contributed by atoms with Crippen LogP contribution in [0.5, 0.6) is 5.75 Å². The molecule has 0 atom stereocenters. The van der Waals surface area contributed by atoms with Crippen LogP contribution in [0.3, 0.4) is 0 Å². The van der Waals surface area contributed by atoms with Gasteiger partial charge in [0.2, 0.25) is 0 Å². The molecule has 1 aliphatic rings. The van der Waals surface area contributed by atoms with E-state index in [4.69, 9.17) is 4.74 Å². The maximum absolute atomic E-state index is 13.5. The number of ketones is 1. The van der Waals surface area contributed by atoms with E-state index >= 15 is 0 Å². The van der Waals surface area contributed by atoms with Crippen LogP contribution in [0.15, 0.2) is 42.5 Å². The van der Waals surface area contributed by atoms with Gasteiger partial charge in [-0.15, -0.1) is 0 Å². The van der Waals surface area contributed by atoms with Gasteiger partial charge in [0.05, 0.1) is 5.69 Å². The third-order valence-electron chi connectivity index (χ3n) is 3.27. The maximum Gasteiger partial charge on any atom is 0.262 e. The smallest absolute Gasteiger partial charge is 0.262 e. The van der Waals surface area contributed by atoms with Gasteiger partial charge in [0, 0.05) is 11.1 Å². The highest BCUT2D eigenvalue weighted by Crippen LogP contribution is 2.28. The zero-order valence-corrected chi connectivity index (χ0v) is 11.8. The minimum Gasteiger partial charge on any atom is -0.482 e. The second-order valence-corrected chi connectivity index (χ2v) is 4.91. The highest BCUT2D eigenvalue weighted by Gasteiger charge is 2.17. The molecule has 1 aliphatic heterocycles. The van der Waals surface area contributed by atoms with Crippen molar-refractivity contribution in [1.29, 1.82) is 0 Å². The Balaban J connectivity index is 1.83. The van der Waals surface area contributed by atoms with E-state index in [1.807, 2.05) is 0 Å². The van der Waals surface area contributed by atoms with Gasteiger partial charge in [-0.05, 0) is 48.6 Å². The molecule has 0 radical (unpaired) electrons. The number of carbonyl (C=O) groups is 2. The van der Waals surface area contributed by atoms with Crippen molar-refractivity contribution in [2.24, 2.45) is 0 Å². The number of fused-ring (bicyclic) bond motifs is 1. The summed E-state index contributed by atoms with van der Waals surface area (Å²) in [5, 5.41) is 2.60. The van der Waals surface area contributed by atoms with Crippen LogP contribution in [0.25, 0.3) is 6.08 Å². The Hall–Kier alpha value is -3.02. The molecule has 6 heteroatoms. The van der Waals surface area contributed by atoms with E-state index in [1.165, 1.54) is 18.2 Å². The van der Waals surface area contributed by atoms with Crippen LogP contribution in [0.2, 0.25) is 0 Å². The fraction of sp³-hybridized carbons (Fsp3) is 0.0588. The van der Waals surface area contributed by atoms with E-state index in [0.717, 1.165) is 24.3 Å². The van der Waals surface area contributed by atoms with E-state index in [9.17, 15) is 18.4 Å². The van der Waals surface area contributed by atoms with Crippen molar-refractivity contribution in [2.45, 2.75) is 0 Å². The first kappa shape index (κ1) is 14.9. The minimum absolute atomic E-state index is 0.0204. The van der Waals surface area contributed by atoms with Crippen molar-refractivity contribution in [3.05, 3.63) is 65.2 Å². The van der Waals surface area contributed by atoms with Crippen molar-refractivity contribution in [1.82, 2.24) is 0 Å². The molecule has 0 unspecified atom stereocenters. The lowest BCUT2D eigenvalue weighted by Gasteiger charge is -2.17. The summed E-state index contributed by atoms with van der Waals surface area (Å²) in [5.41, 5.74) is 0.674. The van der Waals surface area contributed by atoms with E-state index in [-0.39, 0.29) is 18.1 Å². The van der Waals surface area contributed by atoms with Crippen molar-refractivity contribution in [3.63, 3.8) is 0 Å². The molecule has 1 heterocycles. The first-order valence-electron chi connectivity index (χ1n) is 6.77. The number of hydrogen-bond acceptors (Lipinski definition) is 3. The van der Waals surface area contributed by atoms with Gasteiger partial charge in [0.1, 0.15) is 17.4 Å². The van der Waals surface area contributed by atoms with Gasteiger partial charge in [-0.3, -0.25) is 9.59 Å². The molecule has 1 amide bonds. The van der Waals surface area contributed by atoms with Crippen LogP contribution in [0, 0.1) is 11.6 Å². The second kappa shape index (κ2) is 6.00. The Kier molecular flexibility index (Phi) is 3.89. The molecular formula is C17H11F2NO3. The summed E-state index contributed by atoms with van der Waals surface area (Å²) in [4.78, 5) is 23.4. The highest BCUT2D eigenvalue weighted by molar-refractivity contribution is 6.08. The van der Waals surface area contributed by atoms with Gasteiger partial charge in [0.15, 0.2) is 12.4 Å². The van der Waals surface area contributed by atoms with E-state index in [2.05, 4.69) is 5.32 Å². The maximum atomic E-state index is 13.5. The number of benzene rings is 2. The van der Waals surface area contributed by atoms with Gasteiger partial charge >= 0.3 is 0 Å². The zero-order chi connectivity index (χ0) is 16.4. The highest BCUT2D eigenvalue weighted by atomic mass is 19.1. The second-order valence-electron chi connectivity index (χ2n) is 4.91. The number of nitrogens with one attached hydrogen (secondary N) is 1. The average molecular weight is 315 g/mol. The van der Waals surface area contributed by atoms with Gasteiger partial charge in [-0.2, -0.15) is 0 Å². The summed E-state index contributed by atoms with van der Waals surface area (Å²) in [6.07, 6.45) is 2.35. The van der Waals surface area contributed by atoms with Crippen molar-refractivity contribution in [3.8, 4) is 5.75 Å². The summed E-state index contributed by atoms with van der Waals surface area (Å²) in [5.74, 6) is -1.45. The molecule has 0 aliphatic carbocycles. The number of ether oxygens (including phenoxy) is 1. The van der Waals surface area contributed by atoms with Gasteiger partial charge in [0.25, 0.3) is 5.91 Å². The van der Waals surface area contributed by atoms with Crippen molar-refractivity contribution < 1.29 is 23.1 Å². The number of anilines is 1. The lowest BCUT2D eigenvalue weighted by Crippen LogP contribution is -2.25. The zero-order valence-electron chi connectivity index (χ0n) is 11.8. The Morgan fingerprint density at radius 2 is 2.00 bits per heavy atom. The molecule has 1 N–H and O–H groups in total. The third-order valence-corrected chi connectivity index (χ3v) is 3.27. The van der Waals surface area contributed by atoms with Crippen LogP contribution in [-0.4, -0.2) is 18.3 Å². The predicted molar refractivity (Wildman–Crippen MR) is 80.3 cm³/mol. The molecule has 0 bridgehead atoms. The third kappa shape index (κ3) is 3.26. The standard InChI is InChI=1S/C17H11F2NO3/c18-12-3-4-13(19)10(7-12)1-5-15(21)11-2-6-16-14(8-11)20-17(22)9-23-16/h1-8H,9H2,(H,20,22)/b5-1+. The number of carbonyl (C=O) groups excluding carboxylic acids is 2. The van der Waals surface area contributed by atoms with Crippen LogP contribution in [0.4, 0.5) is 14.5 Å². The summed E-state index contributed by atoms with van der Waals surface area (Å²) < 4.78 is 31.8. The summed E-state index contributed by atoms with van der Waals surface area (Å²) >= 11 is 0. The molecule has 4 nitrogen and oxygen atoms in total. The van der Waals surface area contributed by atoms with Gasteiger partial charge < -0.3 is 10.1 Å². The topological polar surface area (TPSA) is 55.4 Å². The predicted octanol–water partition coefficient (Wildman–Crippen LogP) is 3.19. The van der Waals surface area contributed by atoms with Gasteiger partial charge in [-0.1, -0.05) is 0 Å². The largest absolute Gasteiger partial charge is 0.482 e. The Morgan fingerprint density at radius 3 is 2.83 bits per heavy atom. The monoisotopic (exact) mass is 315 g/mol. The van der Waals surface area contributed by atoms with Crippen molar-refractivity contribution in [2.75, 3.05) is 11.9 Å². The average Bonchev–Trinajstić information content (AvgIpc) is 2.54. The normalized spacial score (nSPS) is 13.4. The molecular weight excluding hydrogens is 304 g/mol. The number of allylic oxidation sites excluding steroid dienone is 1. The van der Waals surface area contributed by atoms with Crippen LogP contribution >= 0.6 is 0 Å².